The van der Waals surface area contributed by atoms with Gasteiger partial charge in [0.1, 0.15) is 0 Å². The number of anilines is 2. The molecular weight excluding hydrogens is 462 g/mol. The van der Waals surface area contributed by atoms with Crippen molar-refractivity contribution in [3.05, 3.63) is 35.4 Å². The van der Waals surface area contributed by atoms with E-state index in [1.165, 1.54) is 24.3 Å². The summed E-state index contributed by atoms with van der Waals surface area (Å²) in [6.45, 7) is -3.57. The van der Waals surface area contributed by atoms with E-state index in [9.17, 15) is 31.1 Å². The van der Waals surface area contributed by atoms with E-state index < -0.39 is 49.3 Å². The van der Waals surface area contributed by atoms with Crippen LogP contribution in [0, 0.1) is 0 Å². The third-order valence-corrected chi connectivity index (χ3v) is 3.35. The number of carbonyl (C=O) groups is 1. The van der Waals surface area contributed by atoms with Crippen molar-refractivity contribution < 1.29 is 45.4 Å². The molecule has 170 valence electrons. The fraction of sp³-hybridized carbons (Fsp3) is 0.312. The topological polar surface area (TPSA) is 85.8 Å². The zero-order valence-corrected chi connectivity index (χ0v) is 16.2. The lowest BCUT2D eigenvalue weighted by Gasteiger charge is -2.20. The molecular formula is C16H13ClF6N4O4. The van der Waals surface area contributed by atoms with Gasteiger partial charge in [0.05, 0.1) is 18.9 Å². The minimum Gasteiger partial charge on any atom is -0.468 e. The van der Waals surface area contributed by atoms with Crippen LogP contribution >= 0.6 is 11.6 Å². The molecule has 0 saturated heterocycles. The molecule has 0 aliphatic carbocycles. The molecule has 1 aromatic heterocycles. The summed E-state index contributed by atoms with van der Waals surface area (Å²) in [7, 11) is 1.13. The third-order valence-electron chi connectivity index (χ3n) is 3.09. The van der Waals surface area contributed by atoms with Crippen molar-refractivity contribution in [3.8, 4) is 11.8 Å². The lowest BCUT2D eigenvalue weighted by Crippen LogP contribution is -2.34. The number of nitrogens with zero attached hydrogens (tertiary/aromatic N) is 3. The molecule has 0 unspecified atom stereocenters. The van der Waals surface area contributed by atoms with Crippen molar-refractivity contribution in [1.82, 2.24) is 9.97 Å². The molecule has 1 N–H and O–H groups in total. The van der Waals surface area contributed by atoms with Crippen LogP contribution in [0.3, 0.4) is 0 Å². The second-order valence-electron chi connectivity index (χ2n) is 5.56. The highest BCUT2D eigenvalue weighted by molar-refractivity contribution is 6.30. The highest BCUT2D eigenvalue weighted by Crippen LogP contribution is 2.24. The summed E-state index contributed by atoms with van der Waals surface area (Å²) in [5, 5.41) is 3.14. The summed E-state index contributed by atoms with van der Waals surface area (Å²) < 4.78 is 83.0. The van der Waals surface area contributed by atoms with E-state index in [0.717, 1.165) is 7.11 Å². The summed E-state index contributed by atoms with van der Waals surface area (Å²) in [5.74, 6) is -2.26. The van der Waals surface area contributed by atoms with Crippen LogP contribution in [0.4, 0.5) is 42.8 Å². The molecule has 0 aliphatic rings. The first-order chi connectivity index (χ1) is 14.4. The van der Waals surface area contributed by atoms with Crippen molar-refractivity contribution in [1.29, 1.82) is 0 Å². The fourth-order valence-electron chi connectivity index (χ4n) is 1.95. The molecule has 2 rings (SSSR count). The van der Waals surface area contributed by atoms with Crippen LogP contribution in [0.1, 0.15) is 0 Å². The van der Waals surface area contributed by atoms with Crippen molar-refractivity contribution in [2.45, 2.75) is 12.4 Å². The standard InChI is InChI=1S/C16H13ClF6N4O4/c1-29-27(10-4-2-9(17)3-5-10)14(28)26-13-24-11(30-7-15(18,19)20)6-12(25-13)31-8-16(21,22)23/h2-6H,7-8H2,1H3,(H,24,25,26,28). The number of carbonyl (C=O) groups excluding carboxylic acids is 1. The first-order valence-corrected chi connectivity index (χ1v) is 8.43. The maximum atomic E-state index is 12.4. The van der Waals surface area contributed by atoms with Gasteiger partial charge in [0.15, 0.2) is 13.2 Å². The fourth-order valence-corrected chi connectivity index (χ4v) is 2.07. The second kappa shape index (κ2) is 9.87. The van der Waals surface area contributed by atoms with Gasteiger partial charge in [-0.2, -0.15) is 41.4 Å². The van der Waals surface area contributed by atoms with E-state index in [0.29, 0.717) is 16.2 Å². The Morgan fingerprint density at radius 3 is 1.90 bits per heavy atom. The molecule has 31 heavy (non-hydrogen) atoms. The van der Waals surface area contributed by atoms with Gasteiger partial charge in [0, 0.05) is 5.02 Å². The number of halogens is 7. The summed E-state index contributed by atoms with van der Waals surface area (Å²) >= 11 is 5.76. The molecule has 8 nitrogen and oxygen atoms in total. The van der Waals surface area contributed by atoms with Gasteiger partial charge in [-0.1, -0.05) is 11.6 Å². The Morgan fingerprint density at radius 1 is 1.00 bits per heavy atom. The number of amides is 2. The Balaban J connectivity index is 2.24. The van der Waals surface area contributed by atoms with Crippen molar-refractivity contribution in [2.75, 3.05) is 30.7 Å². The maximum absolute atomic E-state index is 12.4. The smallest absolute Gasteiger partial charge is 0.422 e. The molecule has 0 saturated carbocycles. The van der Waals surface area contributed by atoms with E-state index >= 15 is 0 Å². The van der Waals surface area contributed by atoms with Gasteiger partial charge in [-0.25, -0.2) is 4.79 Å². The summed E-state index contributed by atoms with van der Waals surface area (Å²) in [5.41, 5.74) is 0.197. The van der Waals surface area contributed by atoms with Crippen LogP contribution in [0.15, 0.2) is 30.3 Å². The Kier molecular flexibility index (Phi) is 7.73. The SMILES string of the molecule is CON(C(=O)Nc1nc(OCC(F)(F)F)cc(OCC(F)(F)F)n1)c1ccc(Cl)cc1. The van der Waals surface area contributed by atoms with Gasteiger partial charge >= 0.3 is 18.4 Å². The highest BCUT2D eigenvalue weighted by atomic mass is 35.5. The molecule has 0 atom stereocenters. The monoisotopic (exact) mass is 474 g/mol. The Hall–Kier alpha value is -3.00. The number of aromatic nitrogens is 2. The van der Waals surface area contributed by atoms with Crippen LogP contribution in [0.25, 0.3) is 0 Å². The predicted octanol–water partition coefficient (Wildman–Crippen LogP) is 4.61. The molecule has 0 spiro atoms. The van der Waals surface area contributed by atoms with Gasteiger partial charge in [-0.15, -0.1) is 0 Å². The van der Waals surface area contributed by atoms with Crippen LogP contribution in [0.2, 0.25) is 5.02 Å². The molecule has 2 amide bonds. The molecule has 2 aromatic rings. The highest BCUT2D eigenvalue weighted by Gasteiger charge is 2.30. The average Bonchev–Trinajstić information content (AvgIpc) is 2.66. The second-order valence-corrected chi connectivity index (χ2v) is 6.00. The van der Waals surface area contributed by atoms with Gasteiger partial charge in [0.2, 0.25) is 17.7 Å². The van der Waals surface area contributed by atoms with Gasteiger partial charge in [-0.3, -0.25) is 10.2 Å². The van der Waals surface area contributed by atoms with Crippen LogP contribution in [0.5, 0.6) is 11.8 Å². The first kappa shape index (κ1) is 24.3. The molecule has 15 heteroatoms. The largest absolute Gasteiger partial charge is 0.468 e. The normalized spacial score (nSPS) is 11.7. The number of hydrogen-bond acceptors (Lipinski definition) is 6. The lowest BCUT2D eigenvalue weighted by molar-refractivity contribution is -0.154. The van der Waals surface area contributed by atoms with Gasteiger partial charge < -0.3 is 9.47 Å². The van der Waals surface area contributed by atoms with Crippen molar-refractivity contribution >= 4 is 29.3 Å². The Bertz CT molecular complexity index is 859. The molecule has 0 bridgehead atoms. The van der Waals surface area contributed by atoms with Crippen molar-refractivity contribution in [3.63, 3.8) is 0 Å². The number of rotatable bonds is 7. The number of nitrogens with one attached hydrogen (secondary N) is 1. The van der Waals surface area contributed by atoms with Gasteiger partial charge in [-0.05, 0) is 24.3 Å². The summed E-state index contributed by atoms with van der Waals surface area (Å²) in [4.78, 5) is 24.4. The number of benzene rings is 1. The molecule has 0 radical (unpaired) electrons. The van der Waals surface area contributed by atoms with Crippen LogP contribution < -0.4 is 19.9 Å². The minimum absolute atomic E-state index is 0.197. The predicted molar refractivity (Wildman–Crippen MR) is 95.1 cm³/mol. The van der Waals surface area contributed by atoms with Gasteiger partial charge in [0.25, 0.3) is 0 Å². The quantitative estimate of drug-likeness (QED) is 0.466. The van der Waals surface area contributed by atoms with E-state index in [1.54, 1.807) is 0 Å². The molecule has 0 aliphatic heterocycles. The summed E-state index contributed by atoms with van der Waals surface area (Å²) in [6.07, 6.45) is -9.49. The first-order valence-electron chi connectivity index (χ1n) is 8.05. The lowest BCUT2D eigenvalue weighted by atomic mass is 10.3. The van der Waals surface area contributed by atoms with Crippen LogP contribution in [-0.2, 0) is 4.84 Å². The van der Waals surface area contributed by atoms with Crippen molar-refractivity contribution in [2.24, 2.45) is 0 Å². The Labute approximate surface area is 175 Å². The number of urea groups is 1. The number of ether oxygens (including phenoxy) is 2. The number of alkyl halides is 6. The summed E-state index contributed by atoms with van der Waals surface area (Å²) in [6, 6.07) is 5.29. The number of hydrogen-bond donors (Lipinski definition) is 1. The van der Waals surface area contributed by atoms with E-state index in [4.69, 9.17) is 16.4 Å². The van der Waals surface area contributed by atoms with E-state index in [-0.39, 0.29) is 5.69 Å². The molecule has 1 heterocycles. The van der Waals surface area contributed by atoms with E-state index in [2.05, 4.69) is 24.8 Å². The third kappa shape index (κ3) is 8.33. The van der Waals surface area contributed by atoms with E-state index in [1.807, 2.05) is 0 Å². The minimum atomic E-state index is -4.75. The van der Waals surface area contributed by atoms with Crippen LogP contribution in [-0.4, -0.2) is 48.7 Å². The zero-order valence-electron chi connectivity index (χ0n) is 15.4. The zero-order chi connectivity index (χ0) is 23.2. The molecule has 0 fully saturated rings. The number of hydroxylamine groups is 1. The average molecular weight is 475 g/mol. The maximum Gasteiger partial charge on any atom is 0.422 e. The Morgan fingerprint density at radius 2 is 1.48 bits per heavy atom. The molecule has 1 aromatic carbocycles.